The molecule has 0 atom stereocenters. The van der Waals surface area contributed by atoms with Crippen molar-refractivity contribution in [3.63, 3.8) is 0 Å². The van der Waals surface area contributed by atoms with Gasteiger partial charge in [0, 0.05) is 19.5 Å². The van der Waals surface area contributed by atoms with Crippen LogP contribution in [-0.4, -0.2) is 25.2 Å². The number of benzene rings is 2. The molecular formula is C23H23N5O2. The van der Waals surface area contributed by atoms with E-state index >= 15 is 0 Å². The SMILES string of the molecule is Cc1ccc(CNC(=O)CCn2c(C)nc3c(cnn3-c3ccccc3)c2=O)cc1. The van der Waals surface area contributed by atoms with E-state index in [-0.39, 0.29) is 24.4 Å². The lowest BCUT2D eigenvalue weighted by atomic mass is 10.1. The number of para-hydroxylation sites is 1. The number of aryl methyl sites for hydroxylation is 2. The fraction of sp³-hybridized carbons (Fsp3) is 0.217. The third-order valence-corrected chi connectivity index (χ3v) is 5.05. The molecule has 2 aromatic carbocycles. The first kappa shape index (κ1) is 19.6. The molecule has 0 spiro atoms. The topological polar surface area (TPSA) is 81.8 Å². The van der Waals surface area contributed by atoms with Gasteiger partial charge in [0.15, 0.2) is 5.65 Å². The van der Waals surface area contributed by atoms with Crippen molar-refractivity contribution in [1.82, 2.24) is 24.6 Å². The lowest BCUT2D eigenvalue weighted by Gasteiger charge is -2.11. The summed E-state index contributed by atoms with van der Waals surface area (Å²) in [5.41, 5.74) is 3.39. The van der Waals surface area contributed by atoms with Gasteiger partial charge in [-0.2, -0.15) is 5.10 Å². The van der Waals surface area contributed by atoms with E-state index < -0.39 is 0 Å². The molecule has 0 unspecified atom stereocenters. The minimum absolute atomic E-state index is 0.109. The molecule has 0 fully saturated rings. The third kappa shape index (κ3) is 4.00. The molecule has 0 saturated heterocycles. The van der Waals surface area contributed by atoms with E-state index in [4.69, 9.17) is 0 Å². The van der Waals surface area contributed by atoms with Crippen molar-refractivity contribution in [3.05, 3.63) is 88.1 Å². The van der Waals surface area contributed by atoms with Crippen molar-refractivity contribution >= 4 is 16.9 Å². The Balaban J connectivity index is 1.48. The maximum Gasteiger partial charge on any atom is 0.264 e. The molecule has 0 aliphatic carbocycles. The van der Waals surface area contributed by atoms with E-state index in [2.05, 4.69) is 15.4 Å². The highest BCUT2D eigenvalue weighted by Crippen LogP contribution is 2.14. The standard InChI is InChI=1S/C23H23N5O2/c1-16-8-10-18(11-9-16)14-24-21(29)12-13-27-17(2)26-22-20(23(27)30)15-25-28(22)19-6-4-3-5-7-19/h3-11,15H,12-14H2,1-2H3,(H,24,29). The zero-order valence-corrected chi connectivity index (χ0v) is 17.0. The van der Waals surface area contributed by atoms with Crippen molar-refractivity contribution in [1.29, 1.82) is 0 Å². The summed E-state index contributed by atoms with van der Waals surface area (Å²) in [5.74, 6) is 0.443. The van der Waals surface area contributed by atoms with Gasteiger partial charge in [0.05, 0.1) is 11.9 Å². The van der Waals surface area contributed by atoms with Crippen LogP contribution in [0.3, 0.4) is 0 Å². The van der Waals surface area contributed by atoms with Gasteiger partial charge in [-0.15, -0.1) is 0 Å². The van der Waals surface area contributed by atoms with Gasteiger partial charge in [-0.25, -0.2) is 9.67 Å². The van der Waals surface area contributed by atoms with Crippen LogP contribution in [0, 0.1) is 13.8 Å². The number of carbonyl (C=O) groups excluding carboxylic acids is 1. The minimum atomic E-state index is -0.189. The predicted octanol–water partition coefficient (Wildman–Crippen LogP) is 2.91. The molecule has 0 aliphatic heterocycles. The van der Waals surface area contributed by atoms with Crippen LogP contribution in [0.2, 0.25) is 0 Å². The molecule has 1 N–H and O–H groups in total. The summed E-state index contributed by atoms with van der Waals surface area (Å²) in [4.78, 5) is 29.8. The molecule has 4 aromatic rings. The molecule has 2 heterocycles. The normalized spacial score (nSPS) is 11.0. The lowest BCUT2D eigenvalue weighted by molar-refractivity contribution is -0.121. The summed E-state index contributed by atoms with van der Waals surface area (Å²) in [7, 11) is 0. The second-order valence-corrected chi connectivity index (χ2v) is 7.26. The number of nitrogens with one attached hydrogen (secondary N) is 1. The van der Waals surface area contributed by atoms with Crippen molar-refractivity contribution in [2.75, 3.05) is 0 Å². The number of amides is 1. The fourth-order valence-corrected chi connectivity index (χ4v) is 3.34. The van der Waals surface area contributed by atoms with Crippen molar-refractivity contribution in [3.8, 4) is 5.69 Å². The van der Waals surface area contributed by atoms with Gasteiger partial charge in [0.1, 0.15) is 11.2 Å². The second-order valence-electron chi connectivity index (χ2n) is 7.26. The van der Waals surface area contributed by atoms with E-state index in [1.54, 1.807) is 11.6 Å². The van der Waals surface area contributed by atoms with Gasteiger partial charge in [-0.3, -0.25) is 14.2 Å². The molecule has 7 heteroatoms. The number of hydrogen-bond acceptors (Lipinski definition) is 4. The lowest BCUT2D eigenvalue weighted by Crippen LogP contribution is -2.29. The largest absolute Gasteiger partial charge is 0.352 e. The molecule has 1 amide bonds. The molecule has 7 nitrogen and oxygen atoms in total. The molecule has 0 aliphatic rings. The monoisotopic (exact) mass is 401 g/mol. The Bertz CT molecular complexity index is 1240. The number of carbonyl (C=O) groups is 1. The first-order chi connectivity index (χ1) is 14.5. The van der Waals surface area contributed by atoms with Crippen LogP contribution < -0.4 is 10.9 Å². The van der Waals surface area contributed by atoms with Crippen molar-refractivity contribution in [2.24, 2.45) is 0 Å². The Morgan fingerprint density at radius 3 is 2.50 bits per heavy atom. The van der Waals surface area contributed by atoms with Gasteiger partial charge in [-0.05, 0) is 31.5 Å². The number of fused-ring (bicyclic) bond motifs is 1. The van der Waals surface area contributed by atoms with Crippen molar-refractivity contribution in [2.45, 2.75) is 33.4 Å². The zero-order chi connectivity index (χ0) is 21.1. The van der Waals surface area contributed by atoms with Crippen LogP contribution in [0.15, 0.2) is 65.6 Å². The van der Waals surface area contributed by atoms with Gasteiger partial charge >= 0.3 is 0 Å². The van der Waals surface area contributed by atoms with Crippen LogP contribution in [0.25, 0.3) is 16.7 Å². The smallest absolute Gasteiger partial charge is 0.264 e. The Morgan fingerprint density at radius 2 is 1.77 bits per heavy atom. The van der Waals surface area contributed by atoms with Crippen LogP contribution >= 0.6 is 0 Å². The first-order valence-electron chi connectivity index (χ1n) is 9.86. The summed E-state index contributed by atoms with van der Waals surface area (Å²) in [6, 6.07) is 17.6. The molecule has 152 valence electrons. The highest BCUT2D eigenvalue weighted by molar-refractivity contribution is 5.76. The molecule has 0 saturated carbocycles. The van der Waals surface area contributed by atoms with Gasteiger partial charge in [-0.1, -0.05) is 48.0 Å². The van der Waals surface area contributed by atoms with Gasteiger partial charge in [0.2, 0.25) is 5.91 Å². The van der Waals surface area contributed by atoms with Gasteiger partial charge in [0.25, 0.3) is 5.56 Å². The van der Waals surface area contributed by atoms with Gasteiger partial charge < -0.3 is 5.32 Å². The number of nitrogens with zero attached hydrogens (tertiary/aromatic N) is 4. The summed E-state index contributed by atoms with van der Waals surface area (Å²) < 4.78 is 3.19. The van der Waals surface area contributed by atoms with E-state index in [1.165, 1.54) is 16.3 Å². The molecular weight excluding hydrogens is 378 g/mol. The molecule has 30 heavy (non-hydrogen) atoms. The third-order valence-electron chi connectivity index (χ3n) is 5.05. The Morgan fingerprint density at radius 1 is 1.03 bits per heavy atom. The number of hydrogen-bond donors (Lipinski definition) is 1. The summed E-state index contributed by atoms with van der Waals surface area (Å²) >= 11 is 0. The van der Waals surface area contributed by atoms with Crippen LogP contribution in [0.4, 0.5) is 0 Å². The number of rotatable bonds is 6. The quantitative estimate of drug-likeness (QED) is 0.539. The molecule has 0 bridgehead atoms. The predicted molar refractivity (Wildman–Crippen MR) is 116 cm³/mol. The van der Waals surface area contributed by atoms with Crippen LogP contribution in [-0.2, 0) is 17.9 Å². The van der Waals surface area contributed by atoms with E-state index in [9.17, 15) is 9.59 Å². The molecule has 4 rings (SSSR count). The Hall–Kier alpha value is -3.74. The average molecular weight is 401 g/mol. The maximum atomic E-state index is 13.0. The average Bonchev–Trinajstić information content (AvgIpc) is 3.17. The molecule has 2 aromatic heterocycles. The second kappa shape index (κ2) is 8.32. The fourth-order valence-electron chi connectivity index (χ4n) is 3.34. The highest BCUT2D eigenvalue weighted by Gasteiger charge is 2.14. The Labute approximate surface area is 174 Å². The zero-order valence-electron chi connectivity index (χ0n) is 17.0. The van der Waals surface area contributed by atoms with E-state index in [0.717, 1.165) is 11.3 Å². The summed E-state index contributed by atoms with van der Waals surface area (Å²) in [5, 5.41) is 7.67. The number of aromatic nitrogens is 4. The van der Waals surface area contributed by atoms with Crippen LogP contribution in [0.5, 0.6) is 0 Å². The highest BCUT2D eigenvalue weighted by atomic mass is 16.1. The van der Waals surface area contributed by atoms with Crippen LogP contribution in [0.1, 0.15) is 23.4 Å². The Kier molecular flexibility index (Phi) is 5.43. The van der Waals surface area contributed by atoms with E-state index in [0.29, 0.717) is 23.4 Å². The van der Waals surface area contributed by atoms with E-state index in [1.807, 2.05) is 61.5 Å². The maximum absolute atomic E-state index is 13.0. The first-order valence-corrected chi connectivity index (χ1v) is 9.86. The summed E-state index contributed by atoms with van der Waals surface area (Å²) in [6.45, 7) is 4.53. The molecule has 0 radical (unpaired) electrons. The minimum Gasteiger partial charge on any atom is -0.352 e. The van der Waals surface area contributed by atoms with Crippen molar-refractivity contribution < 1.29 is 4.79 Å². The summed E-state index contributed by atoms with van der Waals surface area (Å²) in [6.07, 6.45) is 1.73.